The third kappa shape index (κ3) is 4.84. The van der Waals surface area contributed by atoms with Crippen molar-refractivity contribution in [3.8, 4) is 0 Å². The van der Waals surface area contributed by atoms with Gasteiger partial charge in [0.2, 0.25) is 0 Å². The first kappa shape index (κ1) is 18.5. The van der Waals surface area contributed by atoms with Crippen LogP contribution in [0.2, 0.25) is 0 Å². The quantitative estimate of drug-likeness (QED) is 0.684. The molecule has 128 valence electrons. The van der Waals surface area contributed by atoms with Gasteiger partial charge in [0.1, 0.15) is 0 Å². The molecule has 24 heavy (non-hydrogen) atoms. The van der Waals surface area contributed by atoms with Gasteiger partial charge in [-0.05, 0) is 50.9 Å². The van der Waals surface area contributed by atoms with Crippen molar-refractivity contribution in [3.63, 3.8) is 0 Å². The Balaban J connectivity index is 1.96. The summed E-state index contributed by atoms with van der Waals surface area (Å²) in [6.45, 7) is 7.58. The molecule has 5 heteroatoms. The van der Waals surface area contributed by atoms with E-state index in [1.54, 1.807) is 27.7 Å². The molecule has 0 radical (unpaired) electrons. The Morgan fingerprint density at radius 1 is 0.958 bits per heavy atom. The van der Waals surface area contributed by atoms with Crippen LogP contribution in [0, 0.1) is 0 Å². The first-order chi connectivity index (χ1) is 11.2. The highest BCUT2D eigenvalue weighted by molar-refractivity contribution is 6.60. The van der Waals surface area contributed by atoms with Crippen LogP contribution in [0.1, 0.15) is 33.3 Å². The van der Waals surface area contributed by atoms with E-state index in [1.807, 2.05) is 42.5 Å². The van der Waals surface area contributed by atoms with E-state index >= 15 is 0 Å². The minimum atomic E-state index is -1.09. The maximum atomic E-state index is 10.3. The molecule has 2 rings (SSSR count). The summed E-state index contributed by atoms with van der Waals surface area (Å²) in [5.41, 5.74) is 0.882. The summed E-state index contributed by atoms with van der Waals surface area (Å²) in [7, 11) is -1.09. The van der Waals surface area contributed by atoms with Crippen LogP contribution in [0.4, 0.5) is 5.69 Å². The van der Waals surface area contributed by atoms with Gasteiger partial charge in [0.05, 0.1) is 11.2 Å². The molecular weight excluding hydrogens is 301 g/mol. The Morgan fingerprint density at radius 3 is 2.08 bits per heavy atom. The van der Waals surface area contributed by atoms with Crippen LogP contribution in [0.3, 0.4) is 0 Å². The van der Waals surface area contributed by atoms with Crippen LogP contribution in [0.5, 0.6) is 0 Å². The zero-order valence-electron chi connectivity index (χ0n) is 14.8. The molecule has 0 heterocycles. The average Bonchev–Trinajstić information content (AvgIpc) is 2.53. The fraction of sp³-hybridized carbons (Fsp3) is 0.368. The van der Waals surface area contributed by atoms with E-state index in [9.17, 15) is 10.1 Å². The summed E-state index contributed by atoms with van der Waals surface area (Å²) in [4.78, 5) is 0. The molecule has 0 fully saturated rings. The molecule has 0 aliphatic heterocycles. The fourth-order valence-corrected chi connectivity index (χ4v) is 2.06. The van der Waals surface area contributed by atoms with Gasteiger partial charge in [0.15, 0.2) is 0 Å². The molecule has 2 aromatic carbocycles. The van der Waals surface area contributed by atoms with E-state index in [2.05, 4.69) is 17.4 Å². The van der Waals surface area contributed by atoms with E-state index in [0.29, 0.717) is 5.46 Å². The van der Waals surface area contributed by atoms with Crippen molar-refractivity contribution < 1.29 is 14.8 Å². The Labute approximate surface area is 144 Å². The number of benzene rings is 2. The summed E-state index contributed by atoms with van der Waals surface area (Å²) in [5.74, 6) is 0. The van der Waals surface area contributed by atoms with Gasteiger partial charge in [0, 0.05) is 12.2 Å². The van der Waals surface area contributed by atoms with Crippen LogP contribution < -0.4 is 10.8 Å². The van der Waals surface area contributed by atoms with Crippen LogP contribution in [0.25, 0.3) is 0 Å². The molecule has 0 aromatic heterocycles. The lowest BCUT2D eigenvalue weighted by Gasteiger charge is -2.38. The molecule has 0 unspecified atom stereocenters. The molecule has 0 atom stereocenters. The summed E-state index contributed by atoms with van der Waals surface area (Å²) < 4.78 is 5.64. The largest absolute Gasteiger partial charge is 0.491 e. The predicted molar refractivity (Wildman–Crippen MR) is 99.3 cm³/mol. The van der Waals surface area contributed by atoms with E-state index in [-0.39, 0.29) is 0 Å². The third-order valence-corrected chi connectivity index (χ3v) is 4.41. The number of nitrogens with one attached hydrogen (secondary N) is 1. The third-order valence-electron chi connectivity index (χ3n) is 4.41. The van der Waals surface area contributed by atoms with Gasteiger partial charge in [-0.25, -0.2) is 0 Å². The highest BCUT2D eigenvalue weighted by atomic mass is 16.5. The number of hydrogen-bond acceptors (Lipinski definition) is 4. The SMILES string of the molecule is CC(C)(O)C(C)(C)OB(O)c1ccc(NCc2ccccc2)cc1. The van der Waals surface area contributed by atoms with Crippen LogP contribution in [-0.2, 0) is 11.2 Å². The van der Waals surface area contributed by atoms with E-state index in [0.717, 1.165) is 12.2 Å². The molecular formula is C19H26BNO3. The van der Waals surface area contributed by atoms with Gasteiger partial charge in [-0.2, -0.15) is 0 Å². The van der Waals surface area contributed by atoms with Crippen LogP contribution in [0.15, 0.2) is 54.6 Å². The number of anilines is 1. The van der Waals surface area contributed by atoms with Gasteiger partial charge >= 0.3 is 7.12 Å². The smallest absolute Gasteiger partial charge is 0.423 e. The molecule has 0 saturated carbocycles. The van der Waals surface area contributed by atoms with Crippen molar-refractivity contribution in [3.05, 3.63) is 60.2 Å². The Morgan fingerprint density at radius 2 is 1.54 bits per heavy atom. The van der Waals surface area contributed by atoms with E-state index in [4.69, 9.17) is 4.65 Å². The number of hydrogen-bond donors (Lipinski definition) is 3. The van der Waals surface area contributed by atoms with Crippen molar-refractivity contribution in [1.29, 1.82) is 0 Å². The lowest BCUT2D eigenvalue weighted by molar-refractivity contribution is -0.0982. The van der Waals surface area contributed by atoms with Gasteiger partial charge in [0.25, 0.3) is 0 Å². The predicted octanol–water partition coefficient (Wildman–Crippen LogP) is 2.55. The maximum Gasteiger partial charge on any atom is 0.491 e. The van der Waals surface area contributed by atoms with Gasteiger partial charge in [-0.1, -0.05) is 42.5 Å². The average molecular weight is 327 g/mol. The normalized spacial score (nSPS) is 12.1. The number of aliphatic hydroxyl groups is 1. The van der Waals surface area contributed by atoms with Gasteiger partial charge < -0.3 is 20.1 Å². The summed E-state index contributed by atoms with van der Waals surface area (Å²) >= 11 is 0. The maximum absolute atomic E-state index is 10.3. The molecule has 4 nitrogen and oxygen atoms in total. The van der Waals surface area contributed by atoms with Crippen molar-refractivity contribution in [1.82, 2.24) is 0 Å². The van der Waals surface area contributed by atoms with Crippen molar-refractivity contribution in [2.75, 3.05) is 5.32 Å². The van der Waals surface area contributed by atoms with Crippen molar-refractivity contribution >= 4 is 18.3 Å². The van der Waals surface area contributed by atoms with Gasteiger partial charge in [-0.15, -0.1) is 0 Å². The first-order valence-corrected chi connectivity index (χ1v) is 8.15. The zero-order chi connectivity index (χ0) is 17.8. The molecule has 0 bridgehead atoms. The summed E-state index contributed by atoms with van der Waals surface area (Å²) in [5, 5.41) is 23.7. The molecule has 0 amide bonds. The topological polar surface area (TPSA) is 61.7 Å². The zero-order valence-corrected chi connectivity index (χ0v) is 14.8. The molecule has 0 saturated heterocycles. The van der Waals surface area contributed by atoms with Crippen LogP contribution >= 0.6 is 0 Å². The molecule has 2 aromatic rings. The van der Waals surface area contributed by atoms with E-state index < -0.39 is 18.3 Å². The van der Waals surface area contributed by atoms with Crippen LogP contribution in [-0.4, -0.2) is 28.5 Å². The second-order valence-electron chi connectivity index (χ2n) is 7.00. The van der Waals surface area contributed by atoms with E-state index in [1.165, 1.54) is 5.56 Å². The number of rotatable bonds is 7. The molecule has 3 N–H and O–H groups in total. The highest BCUT2D eigenvalue weighted by Crippen LogP contribution is 2.25. The highest BCUT2D eigenvalue weighted by Gasteiger charge is 2.39. The minimum Gasteiger partial charge on any atom is -0.423 e. The Bertz CT molecular complexity index is 636. The Kier molecular flexibility index (Phi) is 5.70. The molecule has 0 aliphatic rings. The second-order valence-corrected chi connectivity index (χ2v) is 7.00. The Hall–Kier alpha value is -1.82. The first-order valence-electron chi connectivity index (χ1n) is 8.15. The fourth-order valence-electron chi connectivity index (χ4n) is 2.06. The van der Waals surface area contributed by atoms with Crippen molar-refractivity contribution in [2.45, 2.75) is 45.4 Å². The molecule has 0 aliphatic carbocycles. The van der Waals surface area contributed by atoms with Gasteiger partial charge in [-0.3, -0.25) is 0 Å². The molecule has 0 spiro atoms. The minimum absolute atomic E-state index is 0.651. The lowest BCUT2D eigenvalue weighted by atomic mass is 9.76. The summed E-state index contributed by atoms with van der Waals surface area (Å²) in [6.07, 6.45) is 0. The summed E-state index contributed by atoms with van der Waals surface area (Å²) in [6, 6.07) is 17.6. The van der Waals surface area contributed by atoms with Crippen molar-refractivity contribution in [2.24, 2.45) is 0 Å². The monoisotopic (exact) mass is 327 g/mol. The second kappa shape index (κ2) is 7.39. The lowest BCUT2D eigenvalue weighted by Crippen LogP contribution is -2.53. The standard InChI is InChI=1S/C19H26BNO3/c1-18(2,22)19(3,4)24-20(23)16-10-12-17(13-11-16)21-14-15-8-6-5-7-9-15/h5-13,21-23H,14H2,1-4H3.